The average Bonchev–Trinajstić information content (AvgIpc) is 2.46. The van der Waals surface area contributed by atoms with Crippen molar-refractivity contribution in [1.82, 2.24) is 4.72 Å². The number of carbonyl (C=O) groups excluding carboxylic acids is 2. The number of amides is 1. The first-order valence-electron chi connectivity index (χ1n) is 6.46. The summed E-state index contributed by atoms with van der Waals surface area (Å²) in [7, 11) is -3.01. The minimum atomic E-state index is -4.13. The van der Waals surface area contributed by atoms with E-state index in [4.69, 9.17) is 0 Å². The van der Waals surface area contributed by atoms with Gasteiger partial charge in [-0.2, -0.15) is 0 Å². The maximum atomic E-state index is 12.0. The highest BCUT2D eigenvalue weighted by Gasteiger charge is 2.27. The molecule has 0 radical (unpaired) electrons. The zero-order chi connectivity index (χ0) is 17.8. The summed E-state index contributed by atoms with van der Waals surface area (Å²) in [6.45, 7) is 2.74. The van der Waals surface area contributed by atoms with E-state index in [1.807, 2.05) is 0 Å². The second-order valence-corrected chi connectivity index (χ2v) is 6.92. The maximum absolute atomic E-state index is 12.0. The van der Waals surface area contributed by atoms with Crippen molar-refractivity contribution in [3.8, 4) is 0 Å². The van der Waals surface area contributed by atoms with Gasteiger partial charge in [-0.05, 0) is 19.9 Å². The number of benzene rings is 1. The second-order valence-electron chi connectivity index (χ2n) is 4.83. The number of esters is 1. The van der Waals surface area contributed by atoms with Crippen molar-refractivity contribution in [3.05, 3.63) is 39.4 Å². The fourth-order valence-electron chi connectivity index (χ4n) is 1.66. The standard InChI is InChI=1S/C13H16N2O7S/c1-8-4-5-10(7-11(8)15(18)19)13(17)14-23(20,21)9(2)6-12(16)22-3/h4-5,7,9H,6H2,1-3H3,(H,14,17). The third-order valence-electron chi connectivity index (χ3n) is 3.11. The Hall–Kier alpha value is -2.49. The van der Waals surface area contributed by atoms with Crippen molar-refractivity contribution in [2.24, 2.45) is 0 Å². The maximum Gasteiger partial charge on any atom is 0.306 e. The van der Waals surface area contributed by atoms with E-state index in [2.05, 4.69) is 4.74 Å². The molecule has 0 saturated heterocycles. The van der Waals surface area contributed by atoms with Gasteiger partial charge in [0.05, 0.1) is 23.7 Å². The van der Waals surface area contributed by atoms with Crippen molar-refractivity contribution in [3.63, 3.8) is 0 Å². The van der Waals surface area contributed by atoms with Crippen LogP contribution in [0.1, 0.15) is 29.3 Å². The largest absolute Gasteiger partial charge is 0.469 e. The molecular weight excluding hydrogens is 328 g/mol. The van der Waals surface area contributed by atoms with Gasteiger partial charge in [0.2, 0.25) is 10.0 Å². The van der Waals surface area contributed by atoms with Gasteiger partial charge >= 0.3 is 5.97 Å². The highest BCUT2D eigenvalue weighted by Crippen LogP contribution is 2.19. The van der Waals surface area contributed by atoms with Crippen molar-refractivity contribution >= 4 is 27.6 Å². The number of nitro groups is 1. The summed E-state index contributed by atoms with van der Waals surface area (Å²) in [6, 6.07) is 3.61. The molecule has 1 amide bonds. The first-order chi connectivity index (χ1) is 10.6. The van der Waals surface area contributed by atoms with Gasteiger partial charge in [0.15, 0.2) is 0 Å². The van der Waals surface area contributed by atoms with Crippen LogP contribution >= 0.6 is 0 Å². The number of methoxy groups -OCH3 is 1. The van der Waals surface area contributed by atoms with Crippen LogP contribution in [0, 0.1) is 17.0 Å². The summed E-state index contributed by atoms with van der Waals surface area (Å²) < 4.78 is 30.1. The molecule has 1 N–H and O–H groups in total. The van der Waals surface area contributed by atoms with Crippen molar-refractivity contribution in [1.29, 1.82) is 0 Å². The predicted molar refractivity (Wildman–Crippen MR) is 80.3 cm³/mol. The van der Waals surface area contributed by atoms with E-state index in [-0.39, 0.29) is 11.3 Å². The van der Waals surface area contributed by atoms with Crippen LogP contribution in [0.25, 0.3) is 0 Å². The molecule has 0 heterocycles. The van der Waals surface area contributed by atoms with E-state index in [9.17, 15) is 28.1 Å². The first kappa shape index (κ1) is 18.6. The molecule has 1 aromatic carbocycles. The fourth-order valence-corrected chi connectivity index (χ4v) is 2.60. The fraction of sp³-hybridized carbons (Fsp3) is 0.385. The first-order valence-corrected chi connectivity index (χ1v) is 8.01. The number of aryl methyl sites for hydroxylation is 1. The molecule has 1 aromatic rings. The third kappa shape index (κ3) is 4.74. The van der Waals surface area contributed by atoms with Crippen LogP contribution in [-0.2, 0) is 19.6 Å². The zero-order valence-corrected chi connectivity index (χ0v) is 13.5. The molecule has 9 nitrogen and oxygen atoms in total. The van der Waals surface area contributed by atoms with Crippen molar-refractivity contribution in [2.45, 2.75) is 25.5 Å². The molecule has 0 aliphatic carbocycles. The highest BCUT2D eigenvalue weighted by atomic mass is 32.2. The lowest BCUT2D eigenvalue weighted by molar-refractivity contribution is -0.385. The molecule has 0 spiro atoms. The summed E-state index contributed by atoms with van der Waals surface area (Å²) in [4.78, 5) is 33.3. The van der Waals surface area contributed by atoms with Gasteiger partial charge in [-0.1, -0.05) is 6.07 Å². The lowest BCUT2D eigenvalue weighted by Crippen LogP contribution is -2.38. The number of ether oxygens (including phenoxy) is 1. The number of nitro benzene ring substituents is 1. The van der Waals surface area contributed by atoms with Gasteiger partial charge in [-0.15, -0.1) is 0 Å². The minimum absolute atomic E-state index is 0.170. The molecule has 1 atom stereocenters. The third-order valence-corrected chi connectivity index (χ3v) is 4.81. The molecule has 0 aliphatic heterocycles. The number of nitrogens with one attached hydrogen (secondary N) is 1. The molecule has 126 valence electrons. The summed E-state index contributed by atoms with van der Waals surface area (Å²) in [5, 5.41) is 9.65. The number of sulfonamides is 1. The second kappa shape index (κ2) is 7.18. The van der Waals surface area contributed by atoms with Gasteiger partial charge < -0.3 is 4.74 Å². The van der Waals surface area contributed by atoms with E-state index >= 15 is 0 Å². The Kier molecular flexibility index (Phi) is 5.79. The van der Waals surface area contributed by atoms with Crippen LogP contribution in [0.5, 0.6) is 0 Å². The molecule has 10 heteroatoms. The van der Waals surface area contributed by atoms with Crippen LogP contribution in [0.15, 0.2) is 18.2 Å². The molecule has 1 unspecified atom stereocenters. The van der Waals surface area contributed by atoms with E-state index in [1.165, 1.54) is 26.0 Å². The summed E-state index contributed by atoms with van der Waals surface area (Å²) in [5.41, 5.74) is -0.123. The van der Waals surface area contributed by atoms with Crippen LogP contribution in [-0.4, -0.2) is 37.6 Å². The molecular formula is C13H16N2O7S. The lowest BCUT2D eigenvalue weighted by atomic mass is 10.1. The topological polar surface area (TPSA) is 133 Å². The van der Waals surface area contributed by atoms with Gasteiger partial charge in [0.25, 0.3) is 11.6 Å². The molecule has 0 aliphatic rings. The van der Waals surface area contributed by atoms with E-state index in [0.717, 1.165) is 13.2 Å². The van der Waals surface area contributed by atoms with Crippen LogP contribution in [0.4, 0.5) is 5.69 Å². The Morgan fingerprint density at radius 3 is 2.52 bits per heavy atom. The Balaban J connectivity index is 2.97. The summed E-state index contributed by atoms with van der Waals surface area (Å²) in [5.74, 6) is -1.74. The Bertz CT molecular complexity index is 743. The normalized spacial score (nSPS) is 12.3. The number of hydrogen-bond donors (Lipinski definition) is 1. The van der Waals surface area contributed by atoms with Crippen molar-refractivity contribution in [2.75, 3.05) is 7.11 Å². The molecule has 0 bridgehead atoms. The molecule has 23 heavy (non-hydrogen) atoms. The van der Waals surface area contributed by atoms with Crippen LogP contribution in [0.2, 0.25) is 0 Å². The Labute approximate surface area is 132 Å². The van der Waals surface area contributed by atoms with Crippen LogP contribution < -0.4 is 4.72 Å². The number of carbonyl (C=O) groups is 2. The van der Waals surface area contributed by atoms with Gasteiger partial charge in [-0.3, -0.25) is 19.7 Å². The summed E-state index contributed by atoms with van der Waals surface area (Å²) in [6.07, 6.45) is -0.423. The van der Waals surface area contributed by atoms with Crippen molar-refractivity contribution < 1.29 is 27.7 Å². The molecule has 0 aromatic heterocycles. The average molecular weight is 344 g/mol. The minimum Gasteiger partial charge on any atom is -0.469 e. The van der Waals surface area contributed by atoms with Gasteiger partial charge in [0.1, 0.15) is 0 Å². The SMILES string of the molecule is COC(=O)CC(C)S(=O)(=O)NC(=O)c1ccc(C)c([N+](=O)[O-])c1. The van der Waals surface area contributed by atoms with Gasteiger partial charge in [0, 0.05) is 17.2 Å². The van der Waals surface area contributed by atoms with E-state index in [1.54, 1.807) is 4.72 Å². The van der Waals surface area contributed by atoms with Crippen LogP contribution in [0.3, 0.4) is 0 Å². The number of hydrogen-bond acceptors (Lipinski definition) is 7. The van der Waals surface area contributed by atoms with E-state index < -0.39 is 38.5 Å². The number of rotatable bonds is 6. The highest BCUT2D eigenvalue weighted by molar-refractivity contribution is 7.90. The predicted octanol–water partition coefficient (Wildman–Crippen LogP) is 0.914. The molecule has 1 rings (SSSR count). The summed E-state index contributed by atoms with van der Waals surface area (Å²) >= 11 is 0. The smallest absolute Gasteiger partial charge is 0.306 e. The zero-order valence-electron chi connectivity index (χ0n) is 12.7. The van der Waals surface area contributed by atoms with E-state index in [0.29, 0.717) is 5.56 Å². The lowest BCUT2D eigenvalue weighted by Gasteiger charge is -2.13. The Morgan fingerprint density at radius 2 is 2.00 bits per heavy atom. The quantitative estimate of drug-likeness (QED) is 0.461. The monoisotopic (exact) mass is 344 g/mol. The van der Waals surface area contributed by atoms with Gasteiger partial charge in [-0.25, -0.2) is 13.1 Å². The number of nitrogens with zero attached hydrogens (tertiary/aromatic N) is 1. The Morgan fingerprint density at radius 1 is 1.39 bits per heavy atom. The molecule has 0 fully saturated rings. The molecule has 0 saturated carbocycles.